The minimum Gasteiger partial charge on any atom is -0.355 e. The summed E-state index contributed by atoms with van der Waals surface area (Å²) in [5.74, 6) is 1.01. The molecule has 0 fully saturated rings. The lowest BCUT2D eigenvalue weighted by molar-refractivity contribution is -0.118. The second-order valence-corrected chi connectivity index (χ2v) is 7.69. The molecule has 0 bridgehead atoms. The molecule has 3 rings (SSSR count). The van der Waals surface area contributed by atoms with Gasteiger partial charge >= 0.3 is 0 Å². The van der Waals surface area contributed by atoms with Gasteiger partial charge in [0.05, 0.1) is 5.75 Å². The summed E-state index contributed by atoms with van der Waals surface area (Å²) in [6.45, 7) is 4.84. The van der Waals surface area contributed by atoms with Crippen LogP contribution in [0.2, 0.25) is 5.02 Å². The van der Waals surface area contributed by atoms with Crippen molar-refractivity contribution in [2.45, 2.75) is 31.8 Å². The summed E-state index contributed by atoms with van der Waals surface area (Å²) in [4.78, 5) is 12.0. The number of rotatable bonds is 8. The van der Waals surface area contributed by atoms with Crippen LogP contribution in [0.3, 0.4) is 0 Å². The van der Waals surface area contributed by atoms with Crippen molar-refractivity contribution >= 4 is 29.3 Å². The highest BCUT2D eigenvalue weighted by Gasteiger charge is 2.17. The molecule has 2 aromatic carbocycles. The first-order valence-corrected chi connectivity index (χ1v) is 10.7. The maximum absolute atomic E-state index is 12.0. The van der Waals surface area contributed by atoms with Gasteiger partial charge in [-0.3, -0.25) is 9.36 Å². The van der Waals surface area contributed by atoms with Gasteiger partial charge in [-0.1, -0.05) is 49.3 Å². The summed E-state index contributed by atoms with van der Waals surface area (Å²) in [5, 5.41) is 13.0. The number of thioether (sulfide) groups is 1. The molecule has 3 aromatic rings. The lowest BCUT2D eigenvalue weighted by Gasteiger charge is -2.11. The molecule has 0 radical (unpaired) electrons. The number of benzene rings is 2. The normalized spacial score (nSPS) is 10.8. The number of halogens is 1. The van der Waals surface area contributed by atoms with Crippen molar-refractivity contribution in [2.75, 3.05) is 12.3 Å². The topological polar surface area (TPSA) is 59.8 Å². The molecule has 0 atom stereocenters. The van der Waals surface area contributed by atoms with Crippen LogP contribution in [0.15, 0.2) is 53.7 Å². The summed E-state index contributed by atoms with van der Waals surface area (Å²) in [6.07, 6.45) is 1.89. The Bertz CT molecular complexity index is 923. The van der Waals surface area contributed by atoms with Crippen LogP contribution in [0, 0.1) is 0 Å². The molecule has 0 spiro atoms. The summed E-state index contributed by atoms with van der Waals surface area (Å²) >= 11 is 7.41. The van der Waals surface area contributed by atoms with Gasteiger partial charge < -0.3 is 5.32 Å². The SMILES string of the molecule is CCCNC(=O)CSc1nnc(-c2ccc(Cl)cc2)n1-c1ccc(CC)cc1. The van der Waals surface area contributed by atoms with E-state index in [4.69, 9.17) is 11.6 Å². The van der Waals surface area contributed by atoms with Gasteiger partial charge in [0.1, 0.15) is 0 Å². The summed E-state index contributed by atoms with van der Waals surface area (Å²) in [6, 6.07) is 15.8. The second-order valence-electron chi connectivity index (χ2n) is 6.31. The van der Waals surface area contributed by atoms with Crippen molar-refractivity contribution in [3.8, 4) is 17.1 Å². The molecular weight excluding hydrogens is 392 g/mol. The predicted octanol–water partition coefficient (Wildman–Crippen LogP) is 4.77. The number of aromatic nitrogens is 3. The quantitative estimate of drug-likeness (QED) is 0.539. The van der Waals surface area contributed by atoms with E-state index >= 15 is 0 Å². The lowest BCUT2D eigenvalue weighted by atomic mass is 10.1. The molecule has 0 saturated heterocycles. The van der Waals surface area contributed by atoms with Gasteiger partial charge in [0.15, 0.2) is 11.0 Å². The zero-order valence-electron chi connectivity index (χ0n) is 16.0. The van der Waals surface area contributed by atoms with Gasteiger partial charge in [0, 0.05) is 22.8 Å². The van der Waals surface area contributed by atoms with E-state index in [-0.39, 0.29) is 5.91 Å². The van der Waals surface area contributed by atoms with Crippen molar-refractivity contribution in [3.05, 3.63) is 59.1 Å². The number of hydrogen-bond acceptors (Lipinski definition) is 4. The molecule has 0 aliphatic rings. The number of nitrogens with zero attached hydrogens (tertiary/aromatic N) is 3. The van der Waals surface area contributed by atoms with Gasteiger partial charge in [-0.25, -0.2) is 0 Å². The molecule has 28 heavy (non-hydrogen) atoms. The third-order valence-corrected chi connectivity index (χ3v) is 5.42. The van der Waals surface area contributed by atoms with Crippen molar-refractivity contribution in [3.63, 3.8) is 0 Å². The van der Waals surface area contributed by atoms with Crippen LogP contribution in [0.25, 0.3) is 17.1 Å². The molecular formula is C21H23ClN4OS. The molecule has 0 saturated carbocycles. The molecule has 5 nitrogen and oxygen atoms in total. The molecule has 0 unspecified atom stereocenters. The van der Waals surface area contributed by atoms with Crippen LogP contribution in [0.5, 0.6) is 0 Å². The molecule has 0 aliphatic carbocycles. The van der Waals surface area contributed by atoms with Crippen LogP contribution in [0.1, 0.15) is 25.8 Å². The van der Waals surface area contributed by atoms with E-state index in [1.165, 1.54) is 17.3 Å². The monoisotopic (exact) mass is 414 g/mol. The van der Waals surface area contributed by atoms with Gasteiger partial charge in [-0.2, -0.15) is 0 Å². The van der Waals surface area contributed by atoms with Crippen molar-refractivity contribution < 1.29 is 4.79 Å². The van der Waals surface area contributed by atoms with E-state index in [0.717, 1.165) is 29.9 Å². The maximum atomic E-state index is 12.0. The van der Waals surface area contributed by atoms with Crippen LogP contribution >= 0.6 is 23.4 Å². The predicted molar refractivity (Wildman–Crippen MR) is 115 cm³/mol. The Morgan fingerprint density at radius 1 is 1.07 bits per heavy atom. The van der Waals surface area contributed by atoms with Crippen LogP contribution < -0.4 is 5.32 Å². The fourth-order valence-electron chi connectivity index (χ4n) is 2.71. The summed E-state index contributed by atoms with van der Waals surface area (Å²) < 4.78 is 1.99. The fraction of sp³-hybridized carbons (Fsp3) is 0.286. The zero-order chi connectivity index (χ0) is 19.9. The van der Waals surface area contributed by atoms with E-state index in [2.05, 4.69) is 46.7 Å². The van der Waals surface area contributed by atoms with Gasteiger partial charge in [0.25, 0.3) is 0 Å². The highest BCUT2D eigenvalue weighted by atomic mass is 35.5. The highest BCUT2D eigenvalue weighted by Crippen LogP contribution is 2.28. The van der Waals surface area contributed by atoms with E-state index in [9.17, 15) is 4.79 Å². The van der Waals surface area contributed by atoms with Gasteiger partial charge in [-0.15, -0.1) is 10.2 Å². The number of carbonyl (C=O) groups is 1. The smallest absolute Gasteiger partial charge is 0.230 e. The summed E-state index contributed by atoms with van der Waals surface area (Å²) in [5.41, 5.74) is 3.14. The van der Waals surface area contributed by atoms with E-state index in [0.29, 0.717) is 22.5 Å². The zero-order valence-corrected chi connectivity index (χ0v) is 17.6. The molecule has 1 N–H and O–H groups in total. The Kier molecular flexibility index (Phi) is 7.12. The minimum atomic E-state index is -0.00391. The highest BCUT2D eigenvalue weighted by molar-refractivity contribution is 7.99. The number of carbonyl (C=O) groups excluding carboxylic acids is 1. The molecule has 0 aliphatic heterocycles. The maximum Gasteiger partial charge on any atom is 0.230 e. The third kappa shape index (κ3) is 4.94. The molecule has 1 heterocycles. The average molecular weight is 415 g/mol. The Morgan fingerprint density at radius 3 is 2.43 bits per heavy atom. The first-order chi connectivity index (χ1) is 13.6. The molecule has 146 valence electrons. The van der Waals surface area contributed by atoms with Crippen LogP contribution in [0.4, 0.5) is 0 Å². The van der Waals surface area contributed by atoms with E-state index in [1.54, 1.807) is 0 Å². The number of aryl methyl sites for hydroxylation is 1. The first kappa shape index (κ1) is 20.4. The van der Waals surface area contributed by atoms with Gasteiger partial charge in [-0.05, 0) is 54.8 Å². The number of hydrogen-bond donors (Lipinski definition) is 1. The summed E-state index contributed by atoms with van der Waals surface area (Å²) in [7, 11) is 0. The lowest BCUT2D eigenvalue weighted by Crippen LogP contribution is -2.25. The molecule has 1 aromatic heterocycles. The second kappa shape index (κ2) is 9.75. The molecule has 1 amide bonds. The molecule has 7 heteroatoms. The van der Waals surface area contributed by atoms with Crippen molar-refractivity contribution in [1.82, 2.24) is 20.1 Å². The standard InChI is InChI=1S/C21H23ClN4OS/c1-3-13-23-19(27)14-28-21-25-24-20(16-7-9-17(22)10-8-16)26(21)18-11-5-15(4-2)6-12-18/h5-12H,3-4,13-14H2,1-2H3,(H,23,27). The van der Waals surface area contributed by atoms with Gasteiger partial charge in [0.2, 0.25) is 5.91 Å². The Labute approximate surface area is 174 Å². The van der Waals surface area contributed by atoms with Crippen molar-refractivity contribution in [1.29, 1.82) is 0 Å². The Hall–Kier alpha value is -2.31. The number of nitrogens with one attached hydrogen (secondary N) is 1. The average Bonchev–Trinajstić information content (AvgIpc) is 3.15. The van der Waals surface area contributed by atoms with E-state index < -0.39 is 0 Å². The van der Waals surface area contributed by atoms with E-state index in [1.807, 2.05) is 35.8 Å². The largest absolute Gasteiger partial charge is 0.355 e. The van der Waals surface area contributed by atoms with Crippen LogP contribution in [-0.2, 0) is 11.2 Å². The minimum absolute atomic E-state index is 0.00391. The third-order valence-electron chi connectivity index (χ3n) is 4.24. The Balaban J connectivity index is 1.95. The van der Waals surface area contributed by atoms with Crippen molar-refractivity contribution in [2.24, 2.45) is 0 Å². The fourth-order valence-corrected chi connectivity index (χ4v) is 3.62. The first-order valence-electron chi connectivity index (χ1n) is 9.32. The number of amides is 1. The Morgan fingerprint density at radius 2 is 1.79 bits per heavy atom. The van der Waals surface area contributed by atoms with Crippen LogP contribution in [-0.4, -0.2) is 33.0 Å².